The number of rotatable bonds is 12. The molecule has 0 aromatic rings. The molecule has 0 atom stereocenters. The molecule has 7 nitrogen and oxygen atoms in total. The van der Waals surface area contributed by atoms with Crippen molar-refractivity contribution >= 4 is 11.9 Å². The molecule has 0 heterocycles. The maximum Gasteiger partial charge on any atom is 1.00 e. The van der Waals surface area contributed by atoms with Crippen molar-refractivity contribution in [1.82, 2.24) is 14.7 Å². The van der Waals surface area contributed by atoms with Crippen LogP contribution < -0.4 is 98.9 Å². The predicted molar refractivity (Wildman–Crippen MR) is 71.2 cm³/mol. The van der Waals surface area contributed by atoms with Gasteiger partial charge in [0.2, 0.25) is 0 Å². The monoisotopic (exact) mass is 355 g/mol. The zero-order valence-corrected chi connectivity index (χ0v) is 21.3. The molecule has 23 heavy (non-hydrogen) atoms. The van der Waals surface area contributed by atoms with Crippen LogP contribution >= 0.6 is 0 Å². The Morgan fingerprint density at radius 3 is 1.57 bits per heavy atom. The van der Waals surface area contributed by atoms with Gasteiger partial charge in [0.25, 0.3) is 0 Å². The molecule has 0 spiro atoms. The molecule has 0 fully saturated rings. The number of nitrogens with zero attached hydrogens (tertiary/aromatic N) is 3. The van der Waals surface area contributed by atoms with Crippen LogP contribution in [0.5, 0.6) is 0 Å². The minimum atomic E-state index is -1.14. The van der Waals surface area contributed by atoms with Crippen molar-refractivity contribution in [2.24, 2.45) is 0 Å². The molecule has 0 radical (unpaired) electrons. The van der Waals surface area contributed by atoms with E-state index in [4.69, 9.17) is 0 Å². The van der Waals surface area contributed by atoms with Gasteiger partial charge >= 0.3 is 88.7 Å². The first kappa shape index (κ1) is 32.5. The number of hydrogen-bond donors (Lipinski definition) is 0. The molecule has 0 aromatic heterocycles. The first-order valence-corrected chi connectivity index (χ1v) is 6.78. The molecule has 0 aliphatic carbocycles. The van der Waals surface area contributed by atoms with Crippen LogP contribution in [-0.2, 0) is 9.59 Å². The summed E-state index contributed by atoms with van der Waals surface area (Å²) in [5, 5.41) is 21.3. The first-order valence-electron chi connectivity index (χ1n) is 6.78. The molecule has 0 aliphatic rings. The number of carbonyl (C=O) groups excluding carboxylic acids is 2. The summed E-state index contributed by atoms with van der Waals surface area (Å²) < 4.78 is 0. The number of aliphatic carboxylic acids is 2. The molecule has 0 unspecified atom stereocenters. The molecule has 0 aromatic carbocycles. The molecular formula is C13H24N3Na3O4. The Balaban J connectivity index is -0.000000602. The Morgan fingerprint density at radius 2 is 1.17 bits per heavy atom. The Labute approximate surface area is 206 Å². The summed E-state index contributed by atoms with van der Waals surface area (Å²) in [6, 6.07) is 0. The molecule has 0 saturated carbocycles. The quantitative estimate of drug-likeness (QED) is 0.254. The topological polar surface area (TPSA) is 90.0 Å². The fourth-order valence-electron chi connectivity index (χ4n) is 1.71. The summed E-state index contributed by atoms with van der Waals surface area (Å²) in [7, 11) is 3.81. The summed E-state index contributed by atoms with van der Waals surface area (Å²) in [5.74, 6) is -2.27. The van der Waals surface area contributed by atoms with Crippen LogP contribution in [-0.4, -0.2) is 79.0 Å². The second-order valence-corrected chi connectivity index (χ2v) is 4.60. The molecule has 0 bridgehead atoms. The maximum absolute atomic E-state index is 10.7. The summed E-state index contributed by atoms with van der Waals surface area (Å²) >= 11 is 0. The van der Waals surface area contributed by atoms with Gasteiger partial charge in [-0.2, -0.15) is 0 Å². The normalized spacial score (nSPS) is 10.0. The van der Waals surface area contributed by atoms with Gasteiger partial charge in [-0.1, -0.05) is 13.8 Å². The van der Waals surface area contributed by atoms with E-state index in [9.17, 15) is 19.8 Å². The van der Waals surface area contributed by atoms with E-state index in [1.807, 2.05) is 18.7 Å². The van der Waals surface area contributed by atoms with Crippen molar-refractivity contribution in [3.8, 4) is 0 Å². The Morgan fingerprint density at radius 1 is 0.783 bits per heavy atom. The van der Waals surface area contributed by atoms with E-state index in [1.165, 1.54) is 0 Å². The summed E-state index contributed by atoms with van der Waals surface area (Å²) in [6.07, 6.45) is 0. The van der Waals surface area contributed by atoms with Gasteiger partial charge in [-0.3, -0.25) is 16.8 Å². The number of carboxylic acids is 2. The van der Waals surface area contributed by atoms with Crippen LogP contribution in [0.15, 0.2) is 0 Å². The van der Waals surface area contributed by atoms with Gasteiger partial charge in [0.05, 0.1) is 11.9 Å². The second-order valence-electron chi connectivity index (χ2n) is 4.60. The molecule has 0 aliphatic heterocycles. The van der Waals surface area contributed by atoms with Crippen molar-refractivity contribution in [3.63, 3.8) is 0 Å². The van der Waals surface area contributed by atoms with E-state index in [-0.39, 0.29) is 102 Å². The van der Waals surface area contributed by atoms with Crippen molar-refractivity contribution in [2.45, 2.75) is 13.8 Å². The predicted octanol–water partition coefficient (Wildman–Crippen LogP) is -11.8. The van der Waals surface area contributed by atoms with Crippen molar-refractivity contribution in [2.75, 3.05) is 52.4 Å². The van der Waals surface area contributed by atoms with Crippen molar-refractivity contribution < 1.29 is 108 Å². The van der Waals surface area contributed by atoms with E-state index >= 15 is 0 Å². The molecule has 0 rings (SSSR count). The van der Waals surface area contributed by atoms with Crippen LogP contribution in [0, 0.1) is 7.05 Å². The van der Waals surface area contributed by atoms with Gasteiger partial charge in [0, 0.05) is 32.7 Å². The minimum absolute atomic E-state index is 0. The van der Waals surface area contributed by atoms with Crippen molar-refractivity contribution in [3.05, 3.63) is 7.05 Å². The number of likely N-dealkylation sites (N-methyl/N-ethyl adjacent to an activating group) is 2. The van der Waals surface area contributed by atoms with Crippen LogP contribution in [0.3, 0.4) is 0 Å². The van der Waals surface area contributed by atoms with Crippen LogP contribution in [0.1, 0.15) is 13.8 Å². The summed E-state index contributed by atoms with van der Waals surface area (Å²) in [4.78, 5) is 26.5. The van der Waals surface area contributed by atoms with E-state index in [0.717, 1.165) is 6.54 Å². The number of carboxylic acid groups (broad SMARTS) is 2. The fourth-order valence-corrected chi connectivity index (χ4v) is 1.71. The Hall–Kier alpha value is 1.82. The molecule has 0 N–H and O–H groups in total. The van der Waals surface area contributed by atoms with Gasteiger partial charge in [-0.05, 0) is 19.6 Å². The smallest absolute Gasteiger partial charge is 0.549 e. The van der Waals surface area contributed by atoms with Gasteiger partial charge in [0.1, 0.15) is 0 Å². The first-order chi connectivity index (χ1) is 9.38. The van der Waals surface area contributed by atoms with Crippen LogP contribution in [0.4, 0.5) is 0 Å². The maximum atomic E-state index is 10.7. The molecule has 0 saturated heterocycles. The third-order valence-corrected chi connectivity index (χ3v) is 3.06. The van der Waals surface area contributed by atoms with Crippen molar-refractivity contribution in [1.29, 1.82) is 0 Å². The fraction of sp³-hybridized carbons (Fsp3) is 0.769. The van der Waals surface area contributed by atoms with E-state index in [0.29, 0.717) is 32.7 Å². The van der Waals surface area contributed by atoms with Gasteiger partial charge in [-0.25, -0.2) is 0 Å². The SMILES string of the molecule is [CH2-]N(CC)CCN(CCN(CC)CC(=O)[O-])CC(=O)[O-].[Na+].[Na+].[Na+]. The van der Waals surface area contributed by atoms with E-state index in [1.54, 1.807) is 9.80 Å². The van der Waals surface area contributed by atoms with Crippen LogP contribution in [0.2, 0.25) is 0 Å². The average molecular weight is 355 g/mol. The molecule has 118 valence electrons. The molecule has 10 heteroatoms. The Kier molecular flexibility index (Phi) is 28.4. The average Bonchev–Trinajstić information content (AvgIpc) is 2.38. The third-order valence-electron chi connectivity index (χ3n) is 3.06. The second kappa shape index (κ2) is 20.1. The summed E-state index contributed by atoms with van der Waals surface area (Å²) in [5.41, 5.74) is 0. The zero-order valence-electron chi connectivity index (χ0n) is 15.3. The Bertz CT molecular complexity index is 312. The standard InChI is InChI=1S/C13H26N3O4.3Na/c1-4-14(3)6-7-16(11-13(19)20)9-8-15(5-2)10-12(17)18;;;/h3-11H2,1-2H3,(H,17,18)(H,19,20);;;/q-1;3*+1/p-2. The van der Waals surface area contributed by atoms with Gasteiger partial charge < -0.3 is 24.7 Å². The summed E-state index contributed by atoms with van der Waals surface area (Å²) in [6.45, 7) is 6.99. The van der Waals surface area contributed by atoms with E-state index in [2.05, 4.69) is 7.05 Å². The van der Waals surface area contributed by atoms with E-state index < -0.39 is 11.9 Å². The number of hydrogen-bond acceptors (Lipinski definition) is 7. The van der Waals surface area contributed by atoms with Gasteiger partial charge in [-0.15, -0.1) is 0 Å². The van der Waals surface area contributed by atoms with Crippen LogP contribution in [0.25, 0.3) is 0 Å². The number of carbonyl (C=O) groups is 2. The van der Waals surface area contributed by atoms with Gasteiger partial charge in [0.15, 0.2) is 0 Å². The largest absolute Gasteiger partial charge is 1.00 e. The molecule has 0 amide bonds. The third kappa shape index (κ3) is 20.0. The zero-order chi connectivity index (χ0) is 15.5. The molecular weight excluding hydrogens is 331 g/mol. The minimum Gasteiger partial charge on any atom is -0.549 e.